The number of hydrogen-bond acceptors (Lipinski definition) is 2. The number of nitrogens with one attached hydrogen (secondary N) is 1. The molecule has 0 spiro atoms. The molecular weight excluding hydrogens is 260 g/mol. The van der Waals surface area contributed by atoms with Gasteiger partial charge in [0, 0.05) is 11.3 Å². The second-order valence-corrected chi connectivity index (χ2v) is 5.16. The van der Waals surface area contributed by atoms with Gasteiger partial charge in [0.1, 0.15) is 0 Å². The van der Waals surface area contributed by atoms with Gasteiger partial charge in [0.05, 0.1) is 0 Å². The molecule has 0 atom stereocenters. The Morgan fingerprint density at radius 2 is 1.95 bits per heavy atom. The van der Waals surface area contributed by atoms with Crippen molar-refractivity contribution >= 4 is 11.6 Å². The third-order valence-corrected chi connectivity index (χ3v) is 3.60. The van der Waals surface area contributed by atoms with Gasteiger partial charge in [-0.1, -0.05) is 37.3 Å². The maximum Gasteiger partial charge on any atom is 0.255 e. The fourth-order valence-corrected chi connectivity index (χ4v) is 2.42. The van der Waals surface area contributed by atoms with Crippen LogP contribution in [-0.2, 0) is 12.8 Å². The fourth-order valence-electron chi connectivity index (χ4n) is 2.42. The zero-order chi connectivity index (χ0) is 15.2. The first kappa shape index (κ1) is 15.3. The molecule has 1 amide bonds. The van der Waals surface area contributed by atoms with E-state index in [1.807, 2.05) is 49.4 Å². The minimum absolute atomic E-state index is 0.0714. The summed E-state index contributed by atoms with van der Waals surface area (Å²) in [5.41, 5.74) is 10.5. The molecule has 0 heterocycles. The average molecular weight is 282 g/mol. The molecule has 0 bridgehead atoms. The molecule has 0 aliphatic rings. The first-order valence-corrected chi connectivity index (χ1v) is 7.34. The number of anilines is 1. The standard InChI is InChI=1S/C18H22N2O/c1-3-15-8-4-6-13(2)17(15)20-18(21)16-9-5-7-14(12-16)10-11-19/h4-9,12H,3,10-11,19H2,1-2H3,(H,20,21). The third kappa shape index (κ3) is 3.70. The molecule has 3 heteroatoms. The normalized spacial score (nSPS) is 10.4. The number of nitrogens with two attached hydrogens (primary N) is 1. The van der Waals surface area contributed by atoms with Gasteiger partial charge >= 0.3 is 0 Å². The van der Waals surface area contributed by atoms with Crippen LogP contribution in [0.4, 0.5) is 5.69 Å². The predicted octanol–water partition coefficient (Wildman–Crippen LogP) is 3.31. The molecule has 0 fully saturated rings. The number of hydrogen-bond donors (Lipinski definition) is 2. The molecule has 3 nitrogen and oxygen atoms in total. The summed E-state index contributed by atoms with van der Waals surface area (Å²) in [6.45, 7) is 4.69. The molecular formula is C18H22N2O. The van der Waals surface area contributed by atoms with Crippen LogP contribution in [0.15, 0.2) is 42.5 Å². The van der Waals surface area contributed by atoms with Crippen molar-refractivity contribution in [3.8, 4) is 0 Å². The minimum Gasteiger partial charge on any atom is -0.330 e. The lowest BCUT2D eigenvalue weighted by Crippen LogP contribution is -2.15. The Bertz CT molecular complexity index is 635. The van der Waals surface area contributed by atoms with Gasteiger partial charge in [-0.3, -0.25) is 4.79 Å². The maximum atomic E-state index is 12.4. The van der Waals surface area contributed by atoms with Crippen LogP contribution in [-0.4, -0.2) is 12.5 Å². The number of carbonyl (C=O) groups excluding carboxylic acids is 1. The number of para-hydroxylation sites is 1. The molecule has 110 valence electrons. The summed E-state index contributed by atoms with van der Waals surface area (Å²) in [6, 6.07) is 13.7. The number of amides is 1. The molecule has 2 rings (SSSR count). The van der Waals surface area contributed by atoms with Crippen LogP contribution in [0.3, 0.4) is 0 Å². The molecule has 0 saturated heterocycles. The highest BCUT2D eigenvalue weighted by molar-refractivity contribution is 6.05. The molecule has 0 aromatic heterocycles. The topological polar surface area (TPSA) is 55.1 Å². The van der Waals surface area contributed by atoms with Crippen molar-refractivity contribution in [2.45, 2.75) is 26.7 Å². The molecule has 0 aliphatic heterocycles. The summed E-state index contributed by atoms with van der Waals surface area (Å²) < 4.78 is 0. The van der Waals surface area contributed by atoms with Crippen LogP contribution < -0.4 is 11.1 Å². The van der Waals surface area contributed by atoms with E-state index in [1.54, 1.807) is 0 Å². The van der Waals surface area contributed by atoms with Crippen molar-refractivity contribution in [2.75, 3.05) is 11.9 Å². The molecule has 0 unspecified atom stereocenters. The lowest BCUT2D eigenvalue weighted by molar-refractivity contribution is 0.102. The predicted molar refractivity (Wildman–Crippen MR) is 87.7 cm³/mol. The van der Waals surface area contributed by atoms with Gasteiger partial charge in [0.25, 0.3) is 5.91 Å². The van der Waals surface area contributed by atoms with E-state index in [0.717, 1.165) is 35.2 Å². The van der Waals surface area contributed by atoms with Crippen LogP contribution in [0.1, 0.15) is 34.0 Å². The number of benzene rings is 2. The second-order valence-electron chi connectivity index (χ2n) is 5.16. The zero-order valence-electron chi connectivity index (χ0n) is 12.6. The number of rotatable bonds is 5. The van der Waals surface area contributed by atoms with E-state index < -0.39 is 0 Å². The van der Waals surface area contributed by atoms with E-state index in [9.17, 15) is 4.79 Å². The van der Waals surface area contributed by atoms with Crippen molar-refractivity contribution in [2.24, 2.45) is 5.73 Å². The average Bonchev–Trinajstić information content (AvgIpc) is 2.50. The Balaban J connectivity index is 2.24. The lowest BCUT2D eigenvalue weighted by Gasteiger charge is -2.13. The maximum absolute atomic E-state index is 12.4. The Labute approximate surface area is 126 Å². The van der Waals surface area contributed by atoms with E-state index in [-0.39, 0.29) is 5.91 Å². The van der Waals surface area contributed by atoms with Gasteiger partial charge < -0.3 is 11.1 Å². The first-order chi connectivity index (χ1) is 10.2. The summed E-state index contributed by atoms with van der Waals surface area (Å²) >= 11 is 0. The van der Waals surface area contributed by atoms with E-state index in [1.165, 1.54) is 0 Å². The molecule has 0 aliphatic carbocycles. The summed E-state index contributed by atoms with van der Waals surface area (Å²) in [5.74, 6) is -0.0714. The van der Waals surface area contributed by atoms with Gasteiger partial charge in [-0.15, -0.1) is 0 Å². The number of aryl methyl sites for hydroxylation is 2. The SMILES string of the molecule is CCc1cccc(C)c1NC(=O)c1cccc(CCN)c1. The zero-order valence-corrected chi connectivity index (χ0v) is 12.6. The quantitative estimate of drug-likeness (QED) is 0.884. The summed E-state index contributed by atoms with van der Waals surface area (Å²) in [5, 5.41) is 3.05. The highest BCUT2D eigenvalue weighted by atomic mass is 16.1. The van der Waals surface area contributed by atoms with Gasteiger partial charge in [0.15, 0.2) is 0 Å². The molecule has 21 heavy (non-hydrogen) atoms. The summed E-state index contributed by atoms with van der Waals surface area (Å²) in [6.07, 6.45) is 1.68. The summed E-state index contributed by atoms with van der Waals surface area (Å²) in [4.78, 5) is 12.4. The smallest absolute Gasteiger partial charge is 0.255 e. The minimum atomic E-state index is -0.0714. The third-order valence-electron chi connectivity index (χ3n) is 3.60. The van der Waals surface area contributed by atoms with Crippen LogP contribution in [0, 0.1) is 6.92 Å². The monoisotopic (exact) mass is 282 g/mol. The van der Waals surface area contributed by atoms with Gasteiger partial charge in [-0.25, -0.2) is 0 Å². The van der Waals surface area contributed by atoms with Gasteiger partial charge in [-0.05, 0) is 55.1 Å². The van der Waals surface area contributed by atoms with Gasteiger partial charge in [0.2, 0.25) is 0 Å². The molecule has 0 radical (unpaired) electrons. The van der Waals surface area contributed by atoms with Crippen molar-refractivity contribution in [1.29, 1.82) is 0 Å². The van der Waals surface area contributed by atoms with Gasteiger partial charge in [-0.2, -0.15) is 0 Å². The van der Waals surface area contributed by atoms with Crippen molar-refractivity contribution in [1.82, 2.24) is 0 Å². The van der Waals surface area contributed by atoms with Crippen LogP contribution in [0.2, 0.25) is 0 Å². The first-order valence-electron chi connectivity index (χ1n) is 7.34. The lowest BCUT2D eigenvalue weighted by atomic mass is 10.0. The largest absolute Gasteiger partial charge is 0.330 e. The number of carbonyl (C=O) groups is 1. The Kier molecular flexibility index (Phi) is 5.12. The Morgan fingerprint density at radius 3 is 2.67 bits per heavy atom. The van der Waals surface area contributed by atoms with E-state index in [2.05, 4.69) is 12.2 Å². The highest BCUT2D eigenvalue weighted by Gasteiger charge is 2.10. The van der Waals surface area contributed by atoms with E-state index in [0.29, 0.717) is 12.1 Å². The molecule has 0 saturated carbocycles. The molecule has 2 aromatic rings. The molecule has 2 aromatic carbocycles. The van der Waals surface area contributed by atoms with Crippen LogP contribution in [0.25, 0.3) is 0 Å². The van der Waals surface area contributed by atoms with Crippen molar-refractivity contribution < 1.29 is 4.79 Å². The second kappa shape index (κ2) is 7.04. The van der Waals surface area contributed by atoms with E-state index >= 15 is 0 Å². The Morgan fingerprint density at radius 1 is 1.19 bits per heavy atom. The van der Waals surface area contributed by atoms with Crippen molar-refractivity contribution in [3.05, 3.63) is 64.7 Å². The Hall–Kier alpha value is -2.13. The fraction of sp³-hybridized carbons (Fsp3) is 0.278. The van der Waals surface area contributed by atoms with Crippen molar-refractivity contribution in [3.63, 3.8) is 0 Å². The van der Waals surface area contributed by atoms with E-state index in [4.69, 9.17) is 5.73 Å². The van der Waals surface area contributed by atoms with Crippen LogP contribution in [0.5, 0.6) is 0 Å². The summed E-state index contributed by atoms with van der Waals surface area (Å²) in [7, 11) is 0. The molecule has 3 N–H and O–H groups in total. The van der Waals surface area contributed by atoms with Crippen LogP contribution >= 0.6 is 0 Å². The highest BCUT2D eigenvalue weighted by Crippen LogP contribution is 2.22.